The molecule has 0 aliphatic carbocycles. The summed E-state index contributed by atoms with van der Waals surface area (Å²) in [5.41, 5.74) is 3.30. The van der Waals surface area contributed by atoms with Crippen LogP contribution in [-0.2, 0) is 17.8 Å². The van der Waals surface area contributed by atoms with Gasteiger partial charge in [-0.05, 0) is 23.8 Å². The van der Waals surface area contributed by atoms with Crippen LogP contribution in [0.5, 0.6) is 0 Å². The van der Waals surface area contributed by atoms with Crippen molar-refractivity contribution in [2.75, 3.05) is 38.2 Å². The summed E-state index contributed by atoms with van der Waals surface area (Å²) < 4.78 is 7.02. The van der Waals surface area contributed by atoms with Gasteiger partial charge in [-0.3, -0.25) is 9.47 Å². The molecule has 2 heterocycles. The van der Waals surface area contributed by atoms with Gasteiger partial charge in [-0.1, -0.05) is 30.3 Å². The first-order valence-corrected chi connectivity index (χ1v) is 9.81. The Morgan fingerprint density at radius 1 is 1.07 bits per heavy atom. The Morgan fingerprint density at radius 3 is 2.69 bits per heavy atom. The molecule has 1 aromatic heterocycles. The molecule has 8 nitrogen and oxygen atoms in total. The molecule has 1 aliphatic rings. The molecule has 3 aromatic rings. The highest BCUT2D eigenvalue weighted by Crippen LogP contribution is 2.18. The zero-order valence-electron chi connectivity index (χ0n) is 16.2. The molecule has 0 bridgehead atoms. The summed E-state index contributed by atoms with van der Waals surface area (Å²) in [6.45, 7) is 4.77. The monoisotopic (exact) mass is 395 g/mol. The second kappa shape index (κ2) is 8.93. The molecule has 8 heteroatoms. The number of morpholine rings is 1. The maximum Gasteiger partial charge on any atom is 0.326 e. The van der Waals surface area contributed by atoms with E-state index in [0.29, 0.717) is 13.1 Å². The fourth-order valence-corrected chi connectivity index (χ4v) is 3.56. The summed E-state index contributed by atoms with van der Waals surface area (Å²) in [6.07, 6.45) is 0. The largest absolute Gasteiger partial charge is 0.379 e. The molecular formula is C21H25N5O3. The fourth-order valence-electron chi connectivity index (χ4n) is 3.56. The number of para-hydroxylation sites is 3. The van der Waals surface area contributed by atoms with E-state index in [-0.39, 0.29) is 11.7 Å². The van der Waals surface area contributed by atoms with Crippen molar-refractivity contribution in [2.24, 2.45) is 0 Å². The Kier molecular flexibility index (Phi) is 5.92. The summed E-state index contributed by atoms with van der Waals surface area (Å²) in [4.78, 5) is 29.6. The van der Waals surface area contributed by atoms with E-state index >= 15 is 0 Å². The molecule has 2 aromatic carbocycles. The van der Waals surface area contributed by atoms with Gasteiger partial charge in [0.15, 0.2) is 0 Å². The first-order valence-electron chi connectivity index (χ1n) is 9.81. The van der Waals surface area contributed by atoms with Gasteiger partial charge in [-0.2, -0.15) is 0 Å². The summed E-state index contributed by atoms with van der Waals surface area (Å²) in [6, 6.07) is 15.0. The third kappa shape index (κ3) is 4.67. The zero-order valence-corrected chi connectivity index (χ0v) is 16.2. The van der Waals surface area contributed by atoms with E-state index in [9.17, 15) is 9.59 Å². The van der Waals surface area contributed by atoms with Gasteiger partial charge in [-0.25, -0.2) is 9.59 Å². The average Bonchev–Trinajstić information content (AvgIpc) is 3.05. The quantitative estimate of drug-likeness (QED) is 0.595. The SMILES string of the molecule is O=C(NCCn1c(=O)[nH]c2ccccc21)Nc1ccccc1CN1CCOCC1. The molecule has 1 aliphatic heterocycles. The van der Waals surface area contributed by atoms with Crippen LogP contribution in [-0.4, -0.2) is 53.3 Å². The van der Waals surface area contributed by atoms with Crippen LogP contribution in [0.3, 0.4) is 0 Å². The Bertz CT molecular complexity index is 1040. The number of aromatic amines is 1. The molecule has 0 spiro atoms. The summed E-state index contributed by atoms with van der Waals surface area (Å²) >= 11 is 0. The van der Waals surface area contributed by atoms with Crippen molar-refractivity contribution in [3.05, 3.63) is 64.6 Å². The lowest BCUT2D eigenvalue weighted by molar-refractivity contribution is 0.0343. The van der Waals surface area contributed by atoms with E-state index in [0.717, 1.165) is 55.1 Å². The maximum absolute atomic E-state index is 12.4. The van der Waals surface area contributed by atoms with Gasteiger partial charge >= 0.3 is 11.7 Å². The van der Waals surface area contributed by atoms with Crippen LogP contribution in [0.25, 0.3) is 11.0 Å². The Balaban J connectivity index is 1.34. The number of H-pyrrole nitrogens is 1. The molecule has 0 atom stereocenters. The van der Waals surface area contributed by atoms with Crippen LogP contribution in [0.15, 0.2) is 53.3 Å². The summed E-state index contributed by atoms with van der Waals surface area (Å²) in [5.74, 6) is 0. The van der Waals surface area contributed by atoms with Crippen molar-refractivity contribution in [3.63, 3.8) is 0 Å². The second-order valence-electron chi connectivity index (χ2n) is 7.03. The van der Waals surface area contributed by atoms with Crippen molar-refractivity contribution >= 4 is 22.8 Å². The van der Waals surface area contributed by atoms with Crippen LogP contribution in [0, 0.1) is 0 Å². The Labute approximate surface area is 168 Å². The van der Waals surface area contributed by atoms with Gasteiger partial charge in [0, 0.05) is 38.4 Å². The number of fused-ring (bicyclic) bond motifs is 1. The second-order valence-corrected chi connectivity index (χ2v) is 7.03. The normalized spacial score (nSPS) is 14.8. The summed E-state index contributed by atoms with van der Waals surface area (Å²) in [5, 5.41) is 5.76. The molecular weight excluding hydrogens is 370 g/mol. The van der Waals surface area contributed by atoms with Crippen LogP contribution in [0.2, 0.25) is 0 Å². The molecule has 3 N–H and O–H groups in total. The Morgan fingerprint density at radius 2 is 1.83 bits per heavy atom. The highest BCUT2D eigenvalue weighted by molar-refractivity contribution is 5.90. The van der Waals surface area contributed by atoms with E-state index in [1.54, 1.807) is 4.57 Å². The highest BCUT2D eigenvalue weighted by Gasteiger charge is 2.14. The topological polar surface area (TPSA) is 91.4 Å². The third-order valence-corrected chi connectivity index (χ3v) is 5.07. The number of nitrogens with one attached hydrogen (secondary N) is 3. The number of hydrogen-bond acceptors (Lipinski definition) is 4. The van der Waals surface area contributed by atoms with E-state index in [1.807, 2.05) is 48.5 Å². The predicted octanol–water partition coefficient (Wildman–Crippen LogP) is 1.98. The van der Waals surface area contributed by atoms with E-state index < -0.39 is 0 Å². The van der Waals surface area contributed by atoms with Gasteiger partial charge < -0.3 is 20.4 Å². The van der Waals surface area contributed by atoms with E-state index in [4.69, 9.17) is 4.74 Å². The number of hydrogen-bond donors (Lipinski definition) is 3. The van der Waals surface area contributed by atoms with Crippen LogP contribution >= 0.6 is 0 Å². The lowest BCUT2D eigenvalue weighted by atomic mass is 10.1. The standard InChI is InChI=1S/C21H25N5O3/c27-20(22-9-10-26-19-8-4-3-7-18(19)24-21(26)28)23-17-6-2-1-5-16(17)15-25-11-13-29-14-12-25/h1-8H,9-15H2,(H,24,28)(H2,22,23,27). The smallest absolute Gasteiger partial charge is 0.326 e. The predicted molar refractivity (Wildman–Crippen MR) is 112 cm³/mol. The van der Waals surface area contributed by atoms with E-state index in [1.165, 1.54) is 0 Å². The number of carbonyl (C=O) groups is 1. The summed E-state index contributed by atoms with van der Waals surface area (Å²) in [7, 11) is 0. The number of imidazole rings is 1. The third-order valence-electron chi connectivity index (χ3n) is 5.07. The number of carbonyl (C=O) groups excluding carboxylic acids is 1. The molecule has 0 saturated carbocycles. The Hall–Kier alpha value is -3.10. The molecule has 1 saturated heterocycles. The van der Waals surface area contributed by atoms with Gasteiger partial charge in [0.1, 0.15) is 0 Å². The first kappa shape index (κ1) is 19.2. The molecule has 2 amide bonds. The minimum atomic E-state index is -0.285. The number of benzene rings is 2. The molecule has 152 valence electrons. The van der Waals surface area contributed by atoms with Crippen molar-refractivity contribution in [3.8, 4) is 0 Å². The molecule has 29 heavy (non-hydrogen) atoms. The minimum Gasteiger partial charge on any atom is -0.379 e. The molecule has 4 rings (SSSR count). The van der Waals surface area contributed by atoms with Crippen molar-refractivity contribution in [1.29, 1.82) is 0 Å². The molecule has 1 fully saturated rings. The maximum atomic E-state index is 12.4. The average molecular weight is 395 g/mol. The number of anilines is 1. The number of rotatable bonds is 6. The highest BCUT2D eigenvalue weighted by atomic mass is 16.5. The van der Waals surface area contributed by atoms with Crippen molar-refractivity contribution in [1.82, 2.24) is 19.8 Å². The van der Waals surface area contributed by atoms with Gasteiger partial charge in [0.05, 0.1) is 24.2 Å². The molecule has 0 unspecified atom stereocenters. The zero-order chi connectivity index (χ0) is 20.1. The minimum absolute atomic E-state index is 0.177. The van der Waals surface area contributed by atoms with Crippen LogP contribution < -0.4 is 16.3 Å². The van der Waals surface area contributed by atoms with Crippen molar-refractivity contribution < 1.29 is 9.53 Å². The van der Waals surface area contributed by atoms with E-state index in [2.05, 4.69) is 20.5 Å². The number of amides is 2. The van der Waals surface area contributed by atoms with Gasteiger partial charge in [-0.15, -0.1) is 0 Å². The number of nitrogens with zero attached hydrogens (tertiary/aromatic N) is 2. The number of aromatic nitrogens is 2. The van der Waals surface area contributed by atoms with Gasteiger partial charge in [0.2, 0.25) is 0 Å². The van der Waals surface area contributed by atoms with Gasteiger partial charge in [0.25, 0.3) is 0 Å². The van der Waals surface area contributed by atoms with Crippen LogP contribution in [0.4, 0.5) is 10.5 Å². The molecule has 0 radical (unpaired) electrons. The lowest BCUT2D eigenvalue weighted by Crippen LogP contribution is -2.36. The lowest BCUT2D eigenvalue weighted by Gasteiger charge is -2.27. The first-order chi connectivity index (χ1) is 14.2. The van der Waals surface area contributed by atoms with Crippen LogP contribution in [0.1, 0.15) is 5.56 Å². The fraction of sp³-hybridized carbons (Fsp3) is 0.333. The number of ether oxygens (including phenoxy) is 1. The van der Waals surface area contributed by atoms with Crippen molar-refractivity contribution in [2.45, 2.75) is 13.1 Å². The number of urea groups is 1.